The van der Waals surface area contributed by atoms with E-state index in [4.69, 9.17) is 23.2 Å². The van der Waals surface area contributed by atoms with Gasteiger partial charge in [-0.2, -0.15) is 0 Å². The van der Waals surface area contributed by atoms with Crippen molar-refractivity contribution < 1.29 is 5.11 Å². The average Bonchev–Trinajstić information content (AvgIpc) is 2.66. The van der Waals surface area contributed by atoms with Crippen molar-refractivity contribution in [3.05, 3.63) is 27.1 Å². The Labute approximate surface area is 109 Å². The van der Waals surface area contributed by atoms with Crippen molar-refractivity contribution in [1.29, 1.82) is 0 Å². The zero-order valence-electron chi connectivity index (χ0n) is 8.89. The molecule has 0 unspecified atom stereocenters. The summed E-state index contributed by atoms with van der Waals surface area (Å²) in [6.07, 6.45) is 3.41. The highest BCUT2D eigenvalue weighted by Gasteiger charge is 2.12. The van der Waals surface area contributed by atoms with Gasteiger partial charge in [-0.05, 0) is 30.4 Å². The van der Waals surface area contributed by atoms with Crippen LogP contribution in [-0.4, -0.2) is 5.11 Å². The van der Waals surface area contributed by atoms with Gasteiger partial charge in [0.05, 0.1) is 9.72 Å². The lowest BCUT2D eigenvalue weighted by molar-refractivity contribution is 0.476. The van der Waals surface area contributed by atoms with Crippen LogP contribution in [0.1, 0.15) is 24.6 Å². The summed E-state index contributed by atoms with van der Waals surface area (Å²) in [5, 5.41) is 11.3. The van der Waals surface area contributed by atoms with E-state index in [1.165, 1.54) is 17.7 Å². The summed E-state index contributed by atoms with van der Waals surface area (Å²) in [7, 11) is 0. The van der Waals surface area contributed by atoms with Gasteiger partial charge in [0.2, 0.25) is 0 Å². The van der Waals surface area contributed by atoms with Crippen molar-refractivity contribution in [1.82, 2.24) is 0 Å². The fraction of sp³-hybridized carbons (Fsp3) is 0.333. The minimum absolute atomic E-state index is 0.0546. The number of rotatable bonds is 3. The second-order valence-electron chi connectivity index (χ2n) is 3.76. The van der Waals surface area contributed by atoms with E-state index in [1.54, 1.807) is 17.4 Å². The van der Waals surface area contributed by atoms with Crippen molar-refractivity contribution in [2.75, 3.05) is 0 Å². The van der Waals surface area contributed by atoms with E-state index in [1.807, 2.05) is 0 Å². The summed E-state index contributed by atoms with van der Waals surface area (Å²) >= 11 is 13.7. The highest BCUT2D eigenvalue weighted by molar-refractivity contribution is 7.19. The van der Waals surface area contributed by atoms with Crippen LogP contribution in [0.5, 0.6) is 5.75 Å². The van der Waals surface area contributed by atoms with Crippen LogP contribution in [0, 0.1) is 0 Å². The highest BCUT2D eigenvalue weighted by Crippen LogP contribution is 2.41. The third-order valence-electron chi connectivity index (χ3n) is 2.50. The minimum Gasteiger partial charge on any atom is -0.506 e. The largest absolute Gasteiger partial charge is 0.506 e. The summed E-state index contributed by atoms with van der Waals surface area (Å²) in [5.41, 5.74) is 0. The summed E-state index contributed by atoms with van der Waals surface area (Å²) < 4.78 is 0.968. The number of thiophene rings is 1. The predicted octanol–water partition coefficient (Wildman–Crippen LogP) is 5.26. The number of benzene rings is 1. The van der Waals surface area contributed by atoms with Gasteiger partial charge in [-0.25, -0.2) is 0 Å². The molecule has 86 valence electrons. The normalized spacial score (nSPS) is 11.2. The van der Waals surface area contributed by atoms with Crippen LogP contribution in [0.15, 0.2) is 12.1 Å². The number of hydrogen-bond acceptors (Lipinski definition) is 2. The van der Waals surface area contributed by atoms with Crippen LogP contribution in [-0.2, 0) is 6.42 Å². The molecule has 0 spiro atoms. The number of unbranched alkanes of at least 4 members (excludes halogenated alkanes) is 1. The van der Waals surface area contributed by atoms with Crippen molar-refractivity contribution in [3.8, 4) is 5.75 Å². The lowest BCUT2D eigenvalue weighted by Gasteiger charge is -1.99. The van der Waals surface area contributed by atoms with Crippen molar-refractivity contribution >= 4 is 44.6 Å². The quantitative estimate of drug-likeness (QED) is 0.810. The molecule has 0 fully saturated rings. The molecule has 0 saturated carbocycles. The first-order valence-corrected chi connectivity index (χ1v) is 6.80. The van der Waals surface area contributed by atoms with E-state index in [2.05, 4.69) is 13.0 Å². The maximum Gasteiger partial charge on any atom is 0.136 e. The van der Waals surface area contributed by atoms with E-state index in [-0.39, 0.29) is 10.8 Å². The lowest BCUT2D eigenvalue weighted by Crippen LogP contribution is -1.76. The maximum atomic E-state index is 9.57. The van der Waals surface area contributed by atoms with E-state index in [0.717, 1.165) is 16.5 Å². The van der Waals surface area contributed by atoms with Crippen LogP contribution in [0.2, 0.25) is 10.0 Å². The highest BCUT2D eigenvalue weighted by atomic mass is 35.5. The standard InChI is InChI=1S/C12H12Cl2OS/c1-2-3-4-8-5-7-6-9(15)10(13)11(14)12(7)16-8/h5-6,15H,2-4H2,1H3. The number of fused-ring (bicyclic) bond motifs is 1. The maximum absolute atomic E-state index is 9.57. The molecular weight excluding hydrogens is 263 g/mol. The molecule has 1 N–H and O–H groups in total. The molecule has 0 amide bonds. The zero-order valence-corrected chi connectivity index (χ0v) is 11.2. The molecule has 0 atom stereocenters. The third kappa shape index (κ3) is 2.15. The Bertz CT molecular complexity index is 519. The Morgan fingerprint density at radius 3 is 2.69 bits per heavy atom. The molecular formula is C12H12Cl2OS. The molecule has 1 nitrogen and oxygen atoms in total. The van der Waals surface area contributed by atoms with Crippen LogP contribution in [0.3, 0.4) is 0 Å². The van der Waals surface area contributed by atoms with Gasteiger partial charge < -0.3 is 5.11 Å². The van der Waals surface area contributed by atoms with E-state index in [9.17, 15) is 5.11 Å². The molecule has 1 aromatic heterocycles. The van der Waals surface area contributed by atoms with Gasteiger partial charge in [0.25, 0.3) is 0 Å². The Morgan fingerprint density at radius 2 is 2.00 bits per heavy atom. The smallest absolute Gasteiger partial charge is 0.136 e. The Balaban J connectivity index is 2.49. The fourth-order valence-electron chi connectivity index (χ4n) is 1.63. The predicted molar refractivity (Wildman–Crippen MR) is 72.1 cm³/mol. The van der Waals surface area contributed by atoms with Gasteiger partial charge in [-0.1, -0.05) is 36.5 Å². The number of aryl methyl sites for hydroxylation is 1. The van der Waals surface area contributed by atoms with Gasteiger partial charge in [0.15, 0.2) is 0 Å². The summed E-state index contributed by atoms with van der Waals surface area (Å²) in [5.74, 6) is 0.0546. The first kappa shape index (κ1) is 12.0. The average molecular weight is 275 g/mol. The van der Waals surface area contributed by atoms with Crippen LogP contribution in [0.4, 0.5) is 0 Å². The molecule has 16 heavy (non-hydrogen) atoms. The van der Waals surface area contributed by atoms with Gasteiger partial charge in [-0.15, -0.1) is 11.3 Å². The number of phenolic OH excluding ortho intramolecular Hbond substituents is 1. The van der Waals surface area contributed by atoms with Crippen LogP contribution in [0.25, 0.3) is 10.1 Å². The molecule has 2 rings (SSSR count). The molecule has 0 radical (unpaired) electrons. The minimum atomic E-state index is 0.0546. The van der Waals surface area contributed by atoms with Crippen molar-refractivity contribution in [2.24, 2.45) is 0 Å². The zero-order chi connectivity index (χ0) is 11.7. The van der Waals surface area contributed by atoms with E-state index >= 15 is 0 Å². The SMILES string of the molecule is CCCCc1cc2cc(O)c(Cl)c(Cl)c2s1. The molecule has 1 aromatic carbocycles. The van der Waals surface area contributed by atoms with Crippen molar-refractivity contribution in [3.63, 3.8) is 0 Å². The summed E-state index contributed by atoms with van der Waals surface area (Å²) in [6, 6.07) is 3.76. The topological polar surface area (TPSA) is 20.2 Å². The third-order valence-corrected chi connectivity index (χ3v) is 4.70. The van der Waals surface area contributed by atoms with E-state index in [0.29, 0.717) is 5.02 Å². The first-order chi connectivity index (χ1) is 7.63. The monoisotopic (exact) mass is 274 g/mol. The molecule has 1 heterocycles. The molecule has 4 heteroatoms. The molecule has 0 aliphatic carbocycles. The van der Waals surface area contributed by atoms with Gasteiger partial charge in [-0.3, -0.25) is 0 Å². The van der Waals surface area contributed by atoms with Crippen LogP contribution < -0.4 is 0 Å². The summed E-state index contributed by atoms with van der Waals surface area (Å²) in [4.78, 5) is 1.29. The lowest BCUT2D eigenvalue weighted by atomic mass is 10.2. The van der Waals surface area contributed by atoms with Gasteiger partial charge >= 0.3 is 0 Å². The molecule has 0 aliphatic rings. The number of phenols is 1. The Morgan fingerprint density at radius 1 is 1.25 bits per heavy atom. The fourth-order valence-corrected chi connectivity index (χ4v) is 3.28. The molecule has 0 saturated heterocycles. The second-order valence-corrected chi connectivity index (χ2v) is 5.65. The molecule has 2 aromatic rings. The Hall–Kier alpha value is -0.440. The molecule has 0 bridgehead atoms. The van der Waals surface area contributed by atoms with Gasteiger partial charge in [0, 0.05) is 4.88 Å². The number of halogens is 2. The number of aromatic hydroxyl groups is 1. The van der Waals surface area contributed by atoms with Crippen LogP contribution >= 0.6 is 34.5 Å². The first-order valence-electron chi connectivity index (χ1n) is 5.23. The van der Waals surface area contributed by atoms with Gasteiger partial charge in [0.1, 0.15) is 10.8 Å². The van der Waals surface area contributed by atoms with E-state index < -0.39 is 0 Å². The number of hydrogen-bond donors (Lipinski definition) is 1. The second kappa shape index (κ2) is 4.82. The Kier molecular flexibility index (Phi) is 3.63. The summed E-state index contributed by atoms with van der Waals surface area (Å²) in [6.45, 7) is 2.17. The van der Waals surface area contributed by atoms with Crippen molar-refractivity contribution in [2.45, 2.75) is 26.2 Å². The molecule has 0 aliphatic heterocycles.